The van der Waals surface area contributed by atoms with Crippen LogP contribution in [0.4, 0.5) is 5.69 Å². The van der Waals surface area contributed by atoms with Gasteiger partial charge in [-0.1, -0.05) is 0 Å². The maximum atomic E-state index is 12.3. The second kappa shape index (κ2) is 7.96. The van der Waals surface area contributed by atoms with E-state index in [4.69, 9.17) is 4.42 Å². The van der Waals surface area contributed by atoms with Crippen LogP contribution in [-0.2, 0) is 13.0 Å². The van der Waals surface area contributed by atoms with Crippen LogP contribution in [0.5, 0.6) is 0 Å². The number of piperazine rings is 1. The molecule has 2 aliphatic rings. The van der Waals surface area contributed by atoms with Crippen LogP contribution in [0.25, 0.3) is 11.0 Å². The topological polar surface area (TPSA) is 48.7 Å². The molecule has 1 saturated heterocycles. The van der Waals surface area contributed by atoms with Gasteiger partial charge in [-0.3, -0.25) is 0 Å². The summed E-state index contributed by atoms with van der Waals surface area (Å²) in [5.41, 5.74) is 4.84. The van der Waals surface area contributed by atoms with Gasteiger partial charge in [0.1, 0.15) is 5.58 Å². The first kappa shape index (κ1) is 20.0. The lowest BCUT2D eigenvalue weighted by atomic mass is 9.96. The first-order valence-electron chi connectivity index (χ1n) is 8.37. The maximum Gasteiger partial charge on any atom is 0.341 e. The largest absolute Gasteiger partial charge is 0.422 e. The van der Waals surface area contributed by atoms with Gasteiger partial charge in [0, 0.05) is 49.4 Å². The van der Waals surface area contributed by atoms with Crippen LogP contribution in [0.1, 0.15) is 16.7 Å². The van der Waals surface area contributed by atoms with E-state index < -0.39 is 0 Å². The van der Waals surface area contributed by atoms with Gasteiger partial charge in [0.25, 0.3) is 0 Å². The molecule has 0 aliphatic carbocycles. The van der Waals surface area contributed by atoms with Crippen molar-refractivity contribution in [1.29, 1.82) is 0 Å². The van der Waals surface area contributed by atoms with Crippen molar-refractivity contribution in [3.63, 3.8) is 0 Å². The van der Waals surface area contributed by atoms with Crippen LogP contribution in [0, 0.1) is 6.92 Å². The van der Waals surface area contributed by atoms with Gasteiger partial charge in [0.15, 0.2) is 0 Å². The third kappa shape index (κ3) is 3.51. The van der Waals surface area contributed by atoms with Gasteiger partial charge in [0.05, 0.1) is 5.56 Å². The molecule has 1 fully saturated rings. The van der Waals surface area contributed by atoms with Crippen molar-refractivity contribution in [3.8, 4) is 0 Å². The van der Waals surface area contributed by atoms with Crippen molar-refractivity contribution in [3.05, 3.63) is 39.2 Å². The molecule has 3 heterocycles. The average Bonchev–Trinajstić information content (AvgIpc) is 2.57. The highest BCUT2D eigenvalue weighted by Crippen LogP contribution is 2.31. The van der Waals surface area contributed by atoms with Crippen LogP contribution in [0.3, 0.4) is 0 Å². The van der Waals surface area contributed by atoms with Crippen molar-refractivity contribution in [1.82, 2.24) is 10.2 Å². The SMILES string of the molecule is Cc1c(N2CCN(C)CC2)ccc2c3c(c(=O)oc12)CNCC3.Cl.Cl. The quantitative estimate of drug-likeness (QED) is 0.763. The zero-order valence-electron chi connectivity index (χ0n) is 14.6. The van der Waals surface area contributed by atoms with Crippen molar-refractivity contribution in [2.75, 3.05) is 44.7 Å². The summed E-state index contributed by atoms with van der Waals surface area (Å²) in [5.74, 6) is 0. The number of anilines is 1. The fraction of sp³-hybridized carbons (Fsp3) is 0.500. The predicted molar refractivity (Wildman–Crippen MR) is 107 cm³/mol. The minimum Gasteiger partial charge on any atom is -0.422 e. The minimum atomic E-state index is -0.182. The van der Waals surface area contributed by atoms with Gasteiger partial charge in [-0.2, -0.15) is 0 Å². The molecular formula is C18H25Cl2N3O2. The van der Waals surface area contributed by atoms with E-state index in [0.29, 0.717) is 6.54 Å². The van der Waals surface area contributed by atoms with Gasteiger partial charge in [-0.25, -0.2) is 4.79 Å². The number of halogens is 2. The summed E-state index contributed by atoms with van der Waals surface area (Å²) < 4.78 is 5.71. The molecule has 7 heteroatoms. The summed E-state index contributed by atoms with van der Waals surface area (Å²) in [6.45, 7) is 7.78. The fourth-order valence-electron chi connectivity index (χ4n) is 3.77. The lowest BCUT2D eigenvalue weighted by molar-refractivity contribution is 0.312. The predicted octanol–water partition coefficient (Wildman–Crippen LogP) is 2.34. The molecule has 0 radical (unpaired) electrons. The molecule has 0 unspecified atom stereocenters. The number of rotatable bonds is 1. The van der Waals surface area contributed by atoms with Crippen molar-refractivity contribution >= 4 is 41.5 Å². The zero-order chi connectivity index (χ0) is 16.0. The molecule has 1 aromatic carbocycles. The molecule has 2 aliphatic heterocycles. The summed E-state index contributed by atoms with van der Waals surface area (Å²) in [6, 6.07) is 4.34. The van der Waals surface area contributed by atoms with Crippen molar-refractivity contribution in [2.24, 2.45) is 0 Å². The van der Waals surface area contributed by atoms with Gasteiger partial charge in [0.2, 0.25) is 0 Å². The summed E-state index contributed by atoms with van der Waals surface area (Å²) >= 11 is 0. The Morgan fingerprint density at radius 3 is 2.52 bits per heavy atom. The Labute approximate surface area is 160 Å². The van der Waals surface area contributed by atoms with E-state index in [9.17, 15) is 4.79 Å². The molecule has 5 nitrogen and oxygen atoms in total. The first-order chi connectivity index (χ1) is 11.1. The smallest absolute Gasteiger partial charge is 0.341 e. The number of aryl methyl sites for hydroxylation is 1. The highest BCUT2D eigenvalue weighted by molar-refractivity contribution is 5.88. The second-order valence-electron chi connectivity index (χ2n) is 6.65. The molecule has 138 valence electrons. The minimum absolute atomic E-state index is 0. The summed E-state index contributed by atoms with van der Waals surface area (Å²) in [4.78, 5) is 17.1. The van der Waals surface area contributed by atoms with E-state index in [1.54, 1.807) is 0 Å². The number of fused-ring (bicyclic) bond motifs is 3. The monoisotopic (exact) mass is 385 g/mol. The van der Waals surface area contributed by atoms with E-state index in [1.165, 1.54) is 11.3 Å². The molecular weight excluding hydrogens is 361 g/mol. The number of likely N-dealkylation sites (N-methyl/N-ethyl adjacent to an activating group) is 1. The average molecular weight is 386 g/mol. The Balaban J connectivity index is 0.00000113. The second-order valence-corrected chi connectivity index (χ2v) is 6.65. The third-order valence-corrected chi connectivity index (χ3v) is 5.21. The number of hydrogen-bond donors (Lipinski definition) is 1. The van der Waals surface area contributed by atoms with Crippen LogP contribution in [-0.4, -0.2) is 44.7 Å². The normalized spacial score (nSPS) is 17.6. The summed E-state index contributed by atoms with van der Waals surface area (Å²) in [6.07, 6.45) is 0.894. The Morgan fingerprint density at radius 2 is 1.80 bits per heavy atom. The number of benzene rings is 1. The number of nitrogens with zero attached hydrogens (tertiary/aromatic N) is 2. The van der Waals surface area contributed by atoms with Crippen molar-refractivity contribution in [2.45, 2.75) is 19.9 Å². The Morgan fingerprint density at radius 1 is 1.08 bits per heavy atom. The van der Waals surface area contributed by atoms with Gasteiger partial charge < -0.3 is 19.5 Å². The highest BCUT2D eigenvalue weighted by atomic mass is 35.5. The van der Waals surface area contributed by atoms with Gasteiger partial charge in [-0.15, -0.1) is 24.8 Å². The number of nitrogens with one attached hydrogen (secondary N) is 1. The maximum absolute atomic E-state index is 12.3. The van der Waals surface area contributed by atoms with Crippen molar-refractivity contribution < 1.29 is 4.42 Å². The molecule has 2 aromatic rings. The number of hydrogen-bond acceptors (Lipinski definition) is 5. The van der Waals surface area contributed by atoms with E-state index in [1.807, 2.05) is 0 Å². The van der Waals surface area contributed by atoms with E-state index >= 15 is 0 Å². The molecule has 1 aromatic heterocycles. The Bertz CT molecular complexity index is 814. The van der Waals surface area contributed by atoms with Crippen LogP contribution < -0.4 is 15.8 Å². The summed E-state index contributed by atoms with van der Waals surface area (Å²) in [5, 5.41) is 4.36. The Hall–Kier alpha value is -1.27. The standard InChI is InChI=1S/C18H23N3O2.2ClH/c1-12-16(21-9-7-20(2)8-10-21)4-3-14-13-5-6-19-11-15(13)18(22)23-17(12)14;;/h3-4,19H,5-11H2,1-2H3;2*1H. The first-order valence-corrected chi connectivity index (χ1v) is 8.37. The van der Waals surface area contributed by atoms with E-state index in [-0.39, 0.29) is 30.4 Å². The Kier molecular flexibility index (Phi) is 6.38. The van der Waals surface area contributed by atoms with Crippen LogP contribution >= 0.6 is 24.8 Å². The molecule has 0 saturated carbocycles. The molecule has 25 heavy (non-hydrogen) atoms. The summed E-state index contributed by atoms with van der Waals surface area (Å²) in [7, 11) is 2.16. The van der Waals surface area contributed by atoms with Crippen LogP contribution in [0.2, 0.25) is 0 Å². The highest BCUT2D eigenvalue weighted by Gasteiger charge is 2.22. The molecule has 4 rings (SSSR count). The van der Waals surface area contributed by atoms with Crippen LogP contribution in [0.15, 0.2) is 21.3 Å². The molecule has 0 amide bonds. The zero-order valence-corrected chi connectivity index (χ0v) is 16.3. The van der Waals surface area contributed by atoms with E-state index in [0.717, 1.165) is 61.2 Å². The third-order valence-electron chi connectivity index (χ3n) is 5.21. The molecule has 1 N–H and O–H groups in total. The van der Waals surface area contributed by atoms with E-state index in [2.05, 4.69) is 41.2 Å². The van der Waals surface area contributed by atoms with Gasteiger partial charge >= 0.3 is 5.63 Å². The lowest BCUT2D eigenvalue weighted by Gasteiger charge is -2.35. The molecule has 0 spiro atoms. The van der Waals surface area contributed by atoms with Gasteiger partial charge in [-0.05, 0) is 44.6 Å². The molecule has 0 bridgehead atoms. The molecule has 0 atom stereocenters. The fourth-order valence-corrected chi connectivity index (χ4v) is 3.77. The lowest BCUT2D eigenvalue weighted by Crippen LogP contribution is -2.44.